The molecule has 0 saturated heterocycles. The number of anilines is 1. The molecule has 0 spiro atoms. The van der Waals surface area contributed by atoms with Crippen LogP contribution in [0, 0.1) is 0 Å². The SMILES string of the molecule is Cn1cc(CNc2ccc(O)cc2)nn1. The minimum Gasteiger partial charge on any atom is -0.508 e. The molecule has 15 heavy (non-hydrogen) atoms. The summed E-state index contributed by atoms with van der Waals surface area (Å²) in [4.78, 5) is 0. The second-order valence-electron chi connectivity index (χ2n) is 3.28. The molecule has 0 unspecified atom stereocenters. The molecule has 0 fully saturated rings. The maximum atomic E-state index is 9.09. The van der Waals surface area contributed by atoms with Gasteiger partial charge in [0.25, 0.3) is 0 Å². The van der Waals surface area contributed by atoms with Gasteiger partial charge in [0.15, 0.2) is 0 Å². The van der Waals surface area contributed by atoms with Crippen molar-refractivity contribution in [2.75, 3.05) is 5.32 Å². The summed E-state index contributed by atoms with van der Waals surface area (Å²) in [6, 6.07) is 6.90. The molecule has 0 bridgehead atoms. The van der Waals surface area contributed by atoms with Gasteiger partial charge in [-0.25, -0.2) is 0 Å². The molecule has 0 amide bonds. The Hall–Kier alpha value is -2.04. The summed E-state index contributed by atoms with van der Waals surface area (Å²) >= 11 is 0. The van der Waals surface area contributed by atoms with Gasteiger partial charge in [0.05, 0.1) is 6.54 Å². The molecule has 0 aliphatic carbocycles. The van der Waals surface area contributed by atoms with Gasteiger partial charge in [0, 0.05) is 18.9 Å². The summed E-state index contributed by atoms with van der Waals surface area (Å²) in [7, 11) is 1.83. The van der Waals surface area contributed by atoms with Crippen molar-refractivity contribution in [3.05, 3.63) is 36.2 Å². The Labute approximate surface area is 87.4 Å². The zero-order valence-corrected chi connectivity index (χ0v) is 8.38. The highest BCUT2D eigenvalue weighted by molar-refractivity contribution is 5.45. The molecule has 1 aromatic heterocycles. The lowest BCUT2D eigenvalue weighted by molar-refractivity contribution is 0.475. The van der Waals surface area contributed by atoms with Crippen LogP contribution in [0.5, 0.6) is 5.75 Å². The highest BCUT2D eigenvalue weighted by Crippen LogP contribution is 2.14. The van der Waals surface area contributed by atoms with Crippen molar-refractivity contribution in [3.8, 4) is 5.75 Å². The number of rotatable bonds is 3. The second kappa shape index (κ2) is 4.00. The number of aromatic nitrogens is 3. The normalized spacial score (nSPS) is 10.2. The third kappa shape index (κ3) is 2.46. The first-order valence-corrected chi connectivity index (χ1v) is 4.62. The number of hydrogen-bond acceptors (Lipinski definition) is 4. The van der Waals surface area contributed by atoms with Crippen LogP contribution in [0.25, 0.3) is 0 Å². The molecule has 1 heterocycles. The average Bonchev–Trinajstić information content (AvgIpc) is 2.64. The van der Waals surface area contributed by atoms with E-state index in [4.69, 9.17) is 5.11 Å². The quantitative estimate of drug-likeness (QED) is 0.736. The van der Waals surface area contributed by atoms with Crippen molar-refractivity contribution in [2.24, 2.45) is 7.05 Å². The summed E-state index contributed by atoms with van der Waals surface area (Å²) in [5.41, 5.74) is 1.82. The molecule has 0 atom stereocenters. The fraction of sp³-hybridized carbons (Fsp3) is 0.200. The van der Waals surface area contributed by atoms with E-state index in [9.17, 15) is 0 Å². The van der Waals surface area contributed by atoms with Crippen LogP contribution >= 0.6 is 0 Å². The summed E-state index contributed by atoms with van der Waals surface area (Å²) in [5.74, 6) is 0.264. The molecule has 2 aromatic rings. The highest BCUT2D eigenvalue weighted by Gasteiger charge is 1.97. The van der Waals surface area contributed by atoms with Gasteiger partial charge in [-0.1, -0.05) is 5.21 Å². The zero-order valence-electron chi connectivity index (χ0n) is 8.38. The summed E-state index contributed by atoms with van der Waals surface area (Å²) in [5, 5.41) is 20.0. The van der Waals surface area contributed by atoms with Gasteiger partial charge in [-0.15, -0.1) is 5.10 Å². The number of aromatic hydroxyl groups is 1. The topological polar surface area (TPSA) is 63.0 Å². The van der Waals surface area contributed by atoms with E-state index in [-0.39, 0.29) is 5.75 Å². The first-order valence-electron chi connectivity index (χ1n) is 4.62. The van der Waals surface area contributed by atoms with E-state index in [1.165, 1.54) is 0 Å². The van der Waals surface area contributed by atoms with Crippen LogP contribution in [0.3, 0.4) is 0 Å². The monoisotopic (exact) mass is 204 g/mol. The first-order chi connectivity index (χ1) is 7.24. The number of phenolic OH excluding ortho intramolecular Hbond substituents is 1. The van der Waals surface area contributed by atoms with Crippen LogP contribution in [0.4, 0.5) is 5.69 Å². The van der Waals surface area contributed by atoms with E-state index in [0.717, 1.165) is 11.4 Å². The Morgan fingerprint density at radius 1 is 1.33 bits per heavy atom. The van der Waals surface area contributed by atoms with Gasteiger partial charge in [-0.2, -0.15) is 0 Å². The Balaban J connectivity index is 1.96. The van der Waals surface area contributed by atoms with E-state index in [1.807, 2.05) is 25.4 Å². The molecule has 1 aromatic carbocycles. The van der Waals surface area contributed by atoms with Crippen LogP contribution in [-0.2, 0) is 13.6 Å². The number of benzene rings is 1. The van der Waals surface area contributed by atoms with E-state index in [2.05, 4.69) is 15.6 Å². The van der Waals surface area contributed by atoms with Crippen LogP contribution < -0.4 is 5.32 Å². The van der Waals surface area contributed by atoms with Crippen molar-refractivity contribution in [1.29, 1.82) is 0 Å². The number of nitrogens with zero attached hydrogens (tertiary/aromatic N) is 3. The van der Waals surface area contributed by atoms with E-state index >= 15 is 0 Å². The molecule has 2 N–H and O–H groups in total. The van der Waals surface area contributed by atoms with Crippen LogP contribution in [-0.4, -0.2) is 20.1 Å². The third-order valence-electron chi connectivity index (χ3n) is 1.99. The molecule has 0 aliphatic rings. The molecule has 5 heteroatoms. The predicted octanol–water partition coefficient (Wildman–Crippen LogP) is 1.13. The molecule has 5 nitrogen and oxygen atoms in total. The fourth-order valence-electron chi connectivity index (χ4n) is 1.25. The second-order valence-corrected chi connectivity index (χ2v) is 3.28. The van der Waals surface area contributed by atoms with Crippen molar-refractivity contribution < 1.29 is 5.11 Å². The lowest BCUT2D eigenvalue weighted by atomic mass is 10.3. The van der Waals surface area contributed by atoms with Gasteiger partial charge >= 0.3 is 0 Å². The average molecular weight is 204 g/mol. The van der Waals surface area contributed by atoms with Gasteiger partial charge in [-0.3, -0.25) is 4.68 Å². The van der Waals surface area contributed by atoms with E-state index < -0.39 is 0 Å². The van der Waals surface area contributed by atoms with E-state index in [1.54, 1.807) is 16.8 Å². The molecular weight excluding hydrogens is 192 g/mol. The zero-order chi connectivity index (χ0) is 10.7. The van der Waals surface area contributed by atoms with Crippen LogP contribution in [0.15, 0.2) is 30.5 Å². The fourth-order valence-corrected chi connectivity index (χ4v) is 1.25. The van der Waals surface area contributed by atoms with Crippen molar-refractivity contribution in [2.45, 2.75) is 6.54 Å². The predicted molar refractivity (Wildman–Crippen MR) is 56.4 cm³/mol. The lowest BCUT2D eigenvalue weighted by Crippen LogP contribution is -1.99. The largest absolute Gasteiger partial charge is 0.508 e. The van der Waals surface area contributed by atoms with Crippen molar-refractivity contribution in [3.63, 3.8) is 0 Å². The van der Waals surface area contributed by atoms with Crippen LogP contribution in [0.2, 0.25) is 0 Å². The summed E-state index contributed by atoms with van der Waals surface area (Å²) in [6.45, 7) is 0.624. The van der Waals surface area contributed by atoms with Gasteiger partial charge < -0.3 is 10.4 Å². The summed E-state index contributed by atoms with van der Waals surface area (Å²) in [6.07, 6.45) is 1.85. The van der Waals surface area contributed by atoms with Gasteiger partial charge in [0.2, 0.25) is 0 Å². The smallest absolute Gasteiger partial charge is 0.115 e. The molecule has 78 valence electrons. The maximum Gasteiger partial charge on any atom is 0.115 e. The number of hydrogen-bond donors (Lipinski definition) is 2. The highest BCUT2D eigenvalue weighted by atomic mass is 16.3. The molecule has 0 saturated carbocycles. The number of phenols is 1. The molecule has 0 radical (unpaired) electrons. The van der Waals surface area contributed by atoms with Crippen molar-refractivity contribution in [1.82, 2.24) is 15.0 Å². The molecular formula is C10H12N4O. The number of nitrogens with one attached hydrogen (secondary N) is 1. The third-order valence-corrected chi connectivity index (χ3v) is 1.99. The summed E-state index contributed by atoms with van der Waals surface area (Å²) < 4.78 is 1.66. The number of aryl methyl sites for hydroxylation is 1. The molecule has 2 rings (SSSR count). The van der Waals surface area contributed by atoms with E-state index in [0.29, 0.717) is 6.54 Å². The first kappa shape index (κ1) is 9.51. The maximum absolute atomic E-state index is 9.09. The Kier molecular flexibility index (Phi) is 2.53. The molecule has 0 aliphatic heterocycles. The minimum atomic E-state index is 0.264. The Morgan fingerprint density at radius 3 is 2.67 bits per heavy atom. The minimum absolute atomic E-state index is 0.264. The van der Waals surface area contributed by atoms with Gasteiger partial charge in [0.1, 0.15) is 11.4 Å². The van der Waals surface area contributed by atoms with Gasteiger partial charge in [-0.05, 0) is 24.3 Å². The standard InChI is InChI=1S/C10H12N4O/c1-14-7-9(12-13-14)6-11-8-2-4-10(15)5-3-8/h2-5,7,11,15H,6H2,1H3. The van der Waals surface area contributed by atoms with Crippen molar-refractivity contribution >= 4 is 5.69 Å². The van der Waals surface area contributed by atoms with Crippen LogP contribution in [0.1, 0.15) is 5.69 Å². The Morgan fingerprint density at radius 2 is 2.07 bits per heavy atom. The Bertz CT molecular complexity index is 435. The lowest BCUT2D eigenvalue weighted by Gasteiger charge is -2.03.